The van der Waals surface area contributed by atoms with Gasteiger partial charge in [-0.3, -0.25) is 4.79 Å². The van der Waals surface area contributed by atoms with Crippen molar-refractivity contribution in [2.75, 3.05) is 12.8 Å². The second-order valence-electron chi connectivity index (χ2n) is 5.56. The van der Waals surface area contributed by atoms with Crippen LogP contribution in [0.3, 0.4) is 0 Å². The number of ether oxygens (including phenoxy) is 1. The molecule has 4 N–H and O–H groups in total. The molecule has 0 saturated heterocycles. The summed E-state index contributed by atoms with van der Waals surface area (Å²) in [6.45, 7) is 5.21. The number of anilines is 1. The van der Waals surface area contributed by atoms with Crippen molar-refractivity contribution in [3.05, 3.63) is 23.8 Å². The van der Waals surface area contributed by atoms with Gasteiger partial charge in [0.05, 0.1) is 12.7 Å². The largest absolute Gasteiger partial charge is 0.497 e. The molecule has 20 heavy (non-hydrogen) atoms. The van der Waals surface area contributed by atoms with Crippen molar-refractivity contribution in [2.45, 2.75) is 26.8 Å². The number of carbonyl (C=O) groups is 2. The standard InChI is InChI=1S/C14H20N2O4/c1-14(2,3)11(13(18)19)16-12(17)9-7-8(20-4)5-6-10(9)15/h5-7,11H,15H2,1-4H3,(H,16,17)(H,18,19)/t11-/m0/s1. The summed E-state index contributed by atoms with van der Waals surface area (Å²) in [5, 5.41) is 11.7. The van der Waals surface area contributed by atoms with Crippen LogP contribution >= 0.6 is 0 Å². The maximum atomic E-state index is 12.2. The summed E-state index contributed by atoms with van der Waals surface area (Å²) >= 11 is 0. The van der Waals surface area contributed by atoms with E-state index < -0.39 is 23.3 Å². The molecule has 0 unspecified atom stereocenters. The van der Waals surface area contributed by atoms with E-state index in [0.29, 0.717) is 5.75 Å². The second kappa shape index (κ2) is 5.81. The Hall–Kier alpha value is -2.24. The van der Waals surface area contributed by atoms with E-state index in [1.807, 2.05) is 0 Å². The number of hydrogen-bond donors (Lipinski definition) is 3. The normalized spacial score (nSPS) is 12.6. The van der Waals surface area contributed by atoms with Gasteiger partial charge in [-0.1, -0.05) is 20.8 Å². The number of benzene rings is 1. The third-order valence-electron chi connectivity index (χ3n) is 2.89. The minimum absolute atomic E-state index is 0.194. The van der Waals surface area contributed by atoms with Crippen molar-refractivity contribution in [1.82, 2.24) is 5.32 Å². The van der Waals surface area contributed by atoms with Crippen molar-refractivity contribution in [1.29, 1.82) is 0 Å². The molecule has 1 atom stereocenters. The number of amides is 1. The van der Waals surface area contributed by atoms with Gasteiger partial charge in [0.1, 0.15) is 11.8 Å². The van der Waals surface area contributed by atoms with Crippen LogP contribution in [-0.2, 0) is 4.79 Å². The number of nitrogens with two attached hydrogens (primary N) is 1. The number of rotatable bonds is 4. The van der Waals surface area contributed by atoms with Crippen molar-refractivity contribution in [3.8, 4) is 5.75 Å². The molecule has 1 aromatic rings. The van der Waals surface area contributed by atoms with E-state index in [9.17, 15) is 14.7 Å². The Morgan fingerprint density at radius 1 is 1.35 bits per heavy atom. The average Bonchev–Trinajstić information content (AvgIpc) is 2.34. The zero-order valence-corrected chi connectivity index (χ0v) is 12.1. The lowest BCUT2D eigenvalue weighted by molar-refractivity contribution is -0.142. The van der Waals surface area contributed by atoms with Crippen molar-refractivity contribution in [3.63, 3.8) is 0 Å². The molecule has 0 spiro atoms. The third-order valence-corrected chi connectivity index (χ3v) is 2.89. The molecule has 6 nitrogen and oxygen atoms in total. The van der Waals surface area contributed by atoms with Crippen LogP contribution in [0, 0.1) is 5.41 Å². The topological polar surface area (TPSA) is 102 Å². The average molecular weight is 280 g/mol. The van der Waals surface area contributed by atoms with Gasteiger partial charge < -0.3 is 20.9 Å². The first-order valence-corrected chi connectivity index (χ1v) is 6.14. The van der Waals surface area contributed by atoms with Crippen LogP contribution in [0.1, 0.15) is 31.1 Å². The Labute approximate surface area is 117 Å². The summed E-state index contributed by atoms with van der Waals surface area (Å²) < 4.78 is 5.03. The van der Waals surface area contributed by atoms with Gasteiger partial charge in [-0.05, 0) is 23.6 Å². The van der Waals surface area contributed by atoms with Gasteiger partial charge >= 0.3 is 5.97 Å². The van der Waals surface area contributed by atoms with Crippen molar-refractivity contribution < 1.29 is 19.4 Å². The lowest BCUT2D eigenvalue weighted by atomic mass is 9.86. The Bertz CT molecular complexity index is 520. The quantitative estimate of drug-likeness (QED) is 0.725. The molecule has 1 amide bonds. The first-order chi connectivity index (χ1) is 9.16. The van der Waals surface area contributed by atoms with E-state index >= 15 is 0 Å². The molecule has 1 aromatic carbocycles. The molecule has 0 aliphatic rings. The van der Waals surface area contributed by atoms with E-state index in [1.165, 1.54) is 13.2 Å². The zero-order valence-electron chi connectivity index (χ0n) is 12.1. The third kappa shape index (κ3) is 3.63. The highest BCUT2D eigenvalue weighted by Gasteiger charge is 2.33. The van der Waals surface area contributed by atoms with Gasteiger partial charge in [-0.2, -0.15) is 0 Å². The fourth-order valence-electron chi connectivity index (χ4n) is 1.72. The van der Waals surface area contributed by atoms with Gasteiger partial charge in [0.15, 0.2) is 0 Å². The van der Waals surface area contributed by atoms with Gasteiger partial charge in [0.2, 0.25) is 0 Å². The molecule has 110 valence electrons. The smallest absolute Gasteiger partial charge is 0.326 e. The molecule has 1 rings (SSSR count). The molecule has 0 radical (unpaired) electrons. The second-order valence-corrected chi connectivity index (χ2v) is 5.56. The summed E-state index contributed by atoms with van der Waals surface area (Å²) in [6, 6.07) is 3.64. The first-order valence-electron chi connectivity index (χ1n) is 6.14. The van der Waals surface area contributed by atoms with Crippen LogP contribution in [0.15, 0.2) is 18.2 Å². The predicted octanol–water partition coefficient (Wildman–Crippen LogP) is 1.51. The lowest BCUT2D eigenvalue weighted by Crippen LogP contribution is -2.49. The van der Waals surface area contributed by atoms with E-state index in [1.54, 1.807) is 32.9 Å². The number of methoxy groups -OCH3 is 1. The number of hydrogen-bond acceptors (Lipinski definition) is 4. The SMILES string of the molecule is COc1ccc(N)c(C(=O)N[C@@H](C(=O)O)C(C)(C)C)c1. The van der Waals surface area contributed by atoms with Gasteiger partial charge in [-0.25, -0.2) is 4.79 Å². The number of carbonyl (C=O) groups excluding carboxylic acids is 1. The van der Waals surface area contributed by atoms with Gasteiger partial charge in [0.25, 0.3) is 5.91 Å². The molecular weight excluding hydrogens is 260 g/mol. The Kier molecular flexibility index (Phi) is 4.60. The molecule has 6 heteroatoms. The van der Waals surface area contributed by atoms with Crippen molar-refractivity contribution >= 4 is 17.6 Å². The van der Waals surface area contributed by atoms with Gasteiger partial charge in [-0.15, -0.1) is 0 Å². The lowest BCUT2D eigenvalue weighted by Gasteiger charge is -2.28. The number of nitrogen functional groups attached to an aromatic ring is 1. The number of aliphatic carboxylic acids is 1. The fraction of sp³-hybridized carbons (Fsp3) is 0.429. The Morgan fingerprint density at radius 3 is 2.40 bits per heavy atom. The zero-order chi connectivity index (χ0) is 15.5. The summed E-state index contributed by atoms with van der Waals surface area (Å²) in [6.07, 6.45) is 0. The van der Waals surface area contributed by atoms with E-state index in [0.717, 1.165) is 0 Å². The number of nitrogens with one attached hydrogen (secondary N) is 1. The highest BCUT2D eigenvalue weighted by atomic mass is 16.5. The molecule has 0 fully saturated rings. The summed E-state index contributed by atoms with van der Waals surface area (Å²) in [4.78, 5) is 23.4. The number of carboxylic acids is 1. The predicted molar refractivity (Wildman–Crippen MR) is 75.8 cm³/mol. The van der Waals surface area contributed by atoms with E-state index in [2.05, 4.69) is 5.32 Å². The molecular formula is C14H20N2O4. The summed E-state index contributed by atoms with van der Waals surface area (Å²) in [5.41, 5.74) is 5.59. The van der Waals surface area contributed by atoms with Crippen molar-refractivity contribution in [2.24, 2.45) is 5.41 Å². The van der Waals surface area contributed by atoms with E-state index in [4.69, 9.17) is 10.5 Å². The molecule has 0 heterocycles. The maximum Gasteiger partial charge on any atom is 0.326 e. The first kappa shape index (κ1) is 15.8. The van der Waals surface area contributed by atoms with Crippen LogP contribution in [0.4, 0.5) is 5.69 Å². The minimum atomic E-state index is -1.09. The molecule has 0 aromatic heterocycles. The maximum absolute atomic E-state index is 12.2. The monoisotopic (exact) mass is 280 g/mol. The van der Waals surface area contributed by atoms with Crippen LogP contribution in [0.2, 0.25) is 0 Å². The van der Waals surface area contributed by atoms with Crippen LogP contribution < -0.4 is 15.8 Å². The molecule has 0 aliphatic carbocycles. The molecule has 0 saturated carbocycles. The number of carboxylic acid groups (broad SMARTS) is 1. The summed E-state index contributed by atoms with van der Waals surface area (Å²) in [7, 11) is 1.47. The Balaban J connectivity index is 3.03. The minimum Gasteiger partial charge on any atom is -0.497 e. The van der Waals surface area contributed by atoms with E-state index in [-0.39, 0.29) is 11.3 Å². The highest BCUT2D eigenvalue weighted by Crippen LogP contribution is 2.22. The highest BCUT2D eigenvalue weighted by molar-refractivity contribution is 6.01. The Morgan fingerprint density at radius 2 is 1.95 bits per heavy atom. The molecule has 0 aliphatic heterocycles. The van der Waals surface area contributed by atoms with Crippen LogP contribution in [0.5, 0.6) is 5.75 Å². The summed E-state index contributed by atoms with van der Waals surface area (Å²) in [5.74, 6) is -1.15. The molecule has 0 bridgehead atoms. The van der Waals surface area contributed by atoms with Crippen LogP contribution in [0.25, 0.3) is 0 Å². The van der Waals surface area contributed by atoms with Crippen LogP contribution in [-0.4, -0.2) is 30.1 Å². The fourth-order valence-corrected chi connectivity index (χ4v) is 1.72. The van der Waals surface area contributed by atoms with Gasteiger partial charge in [0, 0.05) is 5.69 Å².